The molecule has 0 unspecified atom stereocenters. The Labute approximate surface area is 170 Å². The molecule has 10 heteroatoms. The van der Waals surface area contributed by atoms with Gasteiger partial charge in [0.05, 0.1) is 22.3 Å². The van der Waals surface area contributed by atoms with Crippen LogP contribution in [-0.2, 0) is 19.1 Å². The lowest BCUT2D eigenvalue weighted by molar-refractivity contribution is -0.384. The molecule has 2 amide bonds. The number of carbonyl (C=O) groups is 3. The summed E-state index contributed by atoms with van der Waals surface area (Å²) in [5.41, 5.74) is 0.995. The molecule has 0 fully saturated rings. The standard InChI is InChI=1S/C19H17N3O6S/c1-11-5-4-7-13(22(26)27)18(11)21-16(23)10-28-17(24)9-15-19(25)20-12-6-2-3-8-14(12)29-15/h2-8,15H,9-10H2,1H3,(H,20,25)(H,21,23)/t15-/m1/s1. The Bertz CT molecular complexity index is 994. The monoisotopic (exact) mass is 415 g/mol. The molecule has 2 aromatic rings. The number of thioether (sulfide) groups is 1. The molecule has 1 heterocycles. The Kier molecular flexibility index (Phi) is 6.13. The van der Waals surface area contributed by atoms with Crippen molar-refractivity contribution in [2.24, 2.45) is 0 Å². The number of anilines is 2. The molecule has 0 radical (unpaired) electrons. The van der Waals surface area contributed by atoms with Gasteiger partial charge in [0.15, 0.2) is 6.61 Å². The van der Waals surface area contributed by atoms with E-state index in [2.05, 4.69) is 10.6 Å². The third-order valence-corrected chi connectivity index (χ3v) is 5.41. The van der Waals surface area contributed by atoms with E-state index >= 15 is 0 Å². The second-order valence-electron chi connectivity index (χ2n) is 6.23. The summed E-state index contributed by atoms with van der Waals surface area (Å²) < 4.78 is 4.94. The van der Waals surface area contributed by atoms with Gasteiger partial charge in [-0.1, -0.05) is 24.3 Å². The topological polar surface area (TPSA) is 128 Å². The molecule has 0 saturated carbocycles. The summed E-state index contributed by atoms with van der Waals surface area (Å²) in [5.74, 6) is -1.74. The van der Waals surface area contributed by atoms with Crippen LogP contribution in [0.15, 0.2) is 47.4 Å². The summed E-state index contributed by atoms with van der Waals surface area (Å²) in [5, 5.41) is 15.5. The number of nitrogens with one attached hydrogen (secondary N) is 2. The van der Waals surface area contributed by atoms with E-state index < -0.39 is 28.7 Å². The second-order valence-corrected chi connectivity index (χ2v) is 7.48. The number of nitrogens with zero attached hydrogens (tertiary/aromatic N) is 1. The Morgan fingerprint density at radius 3 is 2.76 bits per heavy atom. The van der Waals surface area contributed by atoms with Crippen molar-refractivity contribution in [3.05, 3.63) is 58.1 Å². The molecule has 0 aromatic heterocycles. The first-order valence-corrected chi connectivity index (χ1v) is 9.49. The zero-order valence-electron chi connectivity index (χ0n) is 15.3. The van der Waals surface area contributed by atoms with Crippen LogP contribution in [0, 0.1) is 17.0 Å². The van der Waals surface area contributed by atoms with Gasteiger partial charge in [0.1, 0.15) is 5.69 Å². The van der Waals surface area contributed by atoms with Gasteiger partial charge in [0.2, 0.25) is 5.91 Å². The second kappa shape index (κ2) is 8.74. The SMILES string of the molecule is Cc1cccc([N+](=O)[O-])c1NC(=O)COC(=O)C[C@H]1Sc2ccccc2NC1=O. The fraction of sp³-hybridized carbons (Fsp3) is 0.211. The van der Waals surface area contributed by atoms with Crippen LogP contribution in [0.2, 0.25) is 0 Å². The summed E-state index contributed by atoms with van der Waals surface area (Å²) in [6, 6.07) is 11.6. The number of para-hydroxylation sites is 2. The molecule has 1 atom stereocenters. The van der Waals surface area contributed by atoms with Gasteiger partial charge in [-0.05, 0) is 24.6 Å². The first kappa shape index (κ1) is 20.3. The molecule has 29 heavy (non-hydrogen) atoms. The molecular formula is C19H17N3O6S. The molecular weight excluding hydrogens is 398 g/mol. The van der Waals surface area contributed by atoms with Gasteiger partial charge in [-0.25, -0.2) is 0 Å². The van der Waals surface area contributed by atoms with E-state index in [0.29, 0.717) is 11.3 Å². The summed E-state index contributed by atoms with van der Waals surface area (Å²) in [4.78, 5) is 47.6. The van der Waals surface area contributed by atoms with Gasteiger partial charge in [-0.3, -0.25) is 24.5 Å². The molecule has 0 saturated heterocycles. The van der Waals surface area contributed by atoms with Gasteiger partial charge >= 0.3 is 5.97 Å². The molecule has 3 rings (SSSR count). The van der Waals surface area contributed by atoms with Crippen LogP contribution in [0.4, 0.5) is 17.1 Å². The Morgan fingerprint density at radius 1 is 1.24 bits per heavy atom. The van der Waals surface area contributed by atoms with Crippen molar-refractivity contribution in [2.75, 3.05) is 17.2 Å². The van der Waals surface area contributed by atoms with Crippen molar-refractivity contribution < 1.29 is 24.0 Å². The van der Waals surface area contributed by atoms with Gasteiger partial charge in [-0.15, -0.1) is 11.8 Å². The fourth-order valence-electron chi connectivity index (χ4n) is 2.73. The highest BCUT2D eigenvalue weighted by atomic mass is 32.2. The van der Waals surface area contributed by atoms with Crippen LogP contribution in [0.1, 0.15) is 12.0 Å². The average Bonchev–Trinajstić information content (AvgIpc) is 2.68. The summed E-state index contributed by atoms with van der Waals surface area (Å²) in [7, 11) is 0. The van der Waals surface area contributed by atoms with Crippen LogP contribution < -0.4 is 10.6 Å². The van der Waals surface area contributed by atoms with E-state index in [1.165, 1.54) is 23.9 Å². The quantitative estimate of drug-likeness (QED) is 0.422. The number of hydrogen-bond acceptors (Lipinski definition) is 7. The number of carbonyl (C=O) groups excluding carboxylic acids is 3. The number of rotatable bonds is 6. The van der Waals surface area contributed by atoms with E-state index in [-0.39, 0.29) is 23.7 Å². The summed E-state index contributed by atoms with van der Waals surface area (Å²) >= 11 is 1.25. The van der Waals surface area contributed by atoms with E-state index in [0.717, 1.165) is 4.90 Å². The first-order valence-electron chi connectivity index (χ1n) is 8.61. The zero-order chi connectivity index (χ0) is 21.0. The number of aryl methyl sites for hydroxylation is 1. The lowest BCUT2D eigenvalue weighted by atomic mass is 10.1. The Hall–Kier alpha value is -3.40. The van der Waals surface area contributed by atoms with Crippen LogP contribution >= 0.6 is 11.8 Å². The normalized spacial score (nSPS) is 15.1. The molecule has 2 N–H and O–H groups in total. The summed E-state index contributed by atoms with van der Waals surface area (Å²) in [6.07, 6.45) is -0.206. The number of nitro benzene ring substituents is 1. The van der Waals surface area contributed by atoms with Gasteiger partial charge < -0.3 is 15.4 Å². The van der Waals surface area contributed by atoms with Crippen LogP contribution in [0.5, 0.6) is 0 Å². The number of amides is 2. The van der Waals surface area contributed by atoms with E-state index in [4.69, 9.17) is 4.74 Å². The molecule has 2 aromatic carbocycles. The van der Waals surface area contributed by atoms with Crippen LogP contribution in [0.25, 0.3) is 0 Å². The van der Waals surface area contributed by atoms with E-state index in [1.807, 2.05) is 12.1 Å². The average molecular weight is 415 g/mol. The maximum Gasteiger partial charge on any atom is 0.307 e. The van der Waals surface area contributed by atoms with Crippen molar-refractivity contribution in [2.45, 2.75) is 23.5 Å². The smallest absolute Gasteiger partial charge is 0.307 e. The lowest BCUT2D eigenvalue weighted by Gasteiger charge is -2.23. The number of fused-ring (bicyclic) bond motifs is 1. The van der Waals surface area contributed by atoms with E-state index in [9.17, 15) is 24.5 Å². The number of nitro groups is 1. The van der Waals surface area contributed by atoms with Gasteiger partial charge in [-0.2, -0.15) is 0 Å². The lowest BCUT2D eigenvalue weighted by Crippen LogP contribution is -2.32. The molecule has 0 aliphatic carbocycles. The van der Waals surface area contributed by atoms with Crippen molar-refractivity contribution in [3.63, 3.8) is 0 Å². The van der Waals surface area contributed by atoms with Gasteiger partial charge in [0, 0.05) is 11.0 Å². The van der Waals surface area contributed by atoms with Crippen LogP contribution in [0.3, 0.4) is 0 Å². The Morgan fingerprint density at radius 2 is 2.00 bits per heavy atom. The maximum atomic E-state index is 12.1. The largest absolute Gasteiger partial charge is 0.456 e. The third kappa shape index (κ3) is 4.91. The first-order chi connectivity index (χ1) is 13.8. The minimum Gasteiger partial charge on any atom is -0.456 e. The van der Waals surface area contributed by atoms with Crippen molar-refractivity contribution in [1.82, 2.24) is 0 Å². The number of benzene rings is 2. The van der Waals surface area contributed by atoms with Crippen molar-refractivity contribution in [1.29, 1.82) is 0 Å². The molecule has 150 valence electrons. The molecule has 1 aliphatic rings. The maximum absolute atomic E-state index is 12.1. The third-order valence-electron chi connectivity index (χ3n) is 4.13. The highest BCUT2D eigenvalue weighted by Crippen LogP contribution is 2.36. The highest BCUT2D eigenvalue weighted by molar-refractivity contribution is 8.01. The fourth-order valence-corrected chi connectivity index (χ4v) is 3.82. The molecule has 1 aliphatic heterocycles. The minimum atomic E-state index is -0.716. The molecule has 9 nitrogen and oxygen atoms in total. The summed E-state index contributed by atoms with van der Waals surface area (Å²) in [6.45, 7) is 1.01. The van der Waals surface area contributed by atoms with Crippen molar-refractivity contribution >= 4 is 46.6 Å². The molecule has 0 spiro atoms. The number of ether oxygens (including phenoxy) is 1. The zero-order valence-corrected chi connectivity index (χ0v) is 16.2. The van der Waals surface area contributed by atoms with Crippen molar-refractivity contribution in [3.8, 4) is 0 Å². The Balaban J connectivity index is 1.54. The molecule has 0 bridgehead atoms. The van der Waals surface area contributed by atoms with E-state index in [1.54, 1.807) is 25.1 Å². The van der Waals surface area contributed by atoms with Gasteiger partial charge in [0.25, 0.3) is 11.6 Å². The highest BCUT2D eigenvalue weighted by Gasteiger charge is 2.29. The number of hydrogen-bond donors (Lipinski definition) is 2. The predicted octanol–water partition coefficient (Wildman–Crippen LogP) is 2.89. The minimum absolute atomic E-state index is 0.0531. The predicted molar refractivity (Wildman–Crippen MR) is 107 cm³/mol. The number of esters is 1. The van der Waals surface area contributed by atoms with Crippen LogP contribution in [-0.4, -0.2) is 34.6 Å².